The summed E-state index contributed by atoms with van der Waals surface area (Å²) in [5.74, 6) is 3.23. The predicted molar refractivity (Wildman–Crippen MR) is 112 cm³/mol. The van der Waals surface area contributed by atoms with Crippen LogP contribution in [0.25, 0.3) is 0 Å². The number of aromatic nitrogens is 3. The van der Waals surface area contributed by atoms with Crippen LogP contribution in [-0.4, -0.2) is 46.2 Å². The summed E-state index contributed by atoms with van der Waals surface area (Å²) in [5, 5.41) is 7.67. The maximum atomic E-state index is 13.0. The van der Waals surface area contributed by atoms with Crippen molar-refractivity contribution in [2.24, 2.45) is 5.41 Å². The second-order valence-electron chi connectivity index (χ2n) is 8.64. The Balaban J connectivity index is 1.44. The minimum Gasteiger partial charge on any atom is -0.497 e. The summed E-state index contributed by atoms with van der Waals surface area (Å²) < 4.78 is 5.29. The van der Waals surface area contributed by atoms with E-state index in [4.69, 9.17) is 9.72 Å². The lowest BCUT2D eigenvalue weighted by Gasteiger charge is -2.27. The third kappa shape index (κ3) is 4.16. The second kappa shape index (κ2) is 8.56. The van der Waals surface area contributed by atoms with Crippen molar-refractivity contribution in [2.45, 2.75) is 64.2 Å². The molecule has 2 aliphatic rings. The first-order valence-corrected chi connectivity index (χ1v) is 11.0. The topological polar surface area (TPSA) is 71.1 Å². The zero-order valence-corrected chi connectivity index (χ0v) is 17.6. The van der Waals surface area contributed by atoms with Crippen LogP contribution in [0.4, 0.5) is 0 Å². The molecule has 1 aliphatic carbocycles. The molecule has 1 N–H and O–H groups in total. The van der Waals surface area contributed by atoms with Crippen molar-refractivity contribution in [2.75, 3.05) is 20.2 Å². The van der Waals surface area contributed by atoms with E-state index in [-0.39, 0.29) is 17.2 Å². The highest BCUT2D eigenvalue weighted by molar-refractivity contribution is 5.77. The number of carbonyl (C=O) groups excluding carboxylic acids is 1. The molecular formula is C23H32N4O2. The summed E-state index contributed by atoms with van der Waals surface area (Å²) in [6.45, 7) is 3.76. The molecular weight excluding hydrogens is 364 g/mol. The normalized spacial score (nSPS) is 20.5. The number of benzene rings is 1. The van der Waals surface area contributed by atoms with Crippen molar-refractivity contribution >= 4 is 5.91 Å². The van der Waals surface area contributed by atoms with Crippen LogP contribution in [0.15, 0.2) is 24.3 Å². The summed E-state index contributed by atoms with van der Waals surface area (Å²) in [7, 11) is 1.67. The van der Waals surface area contributed by atoms with Crippen molar-refractivity contribution in [3.8, 4) is 5.75 Å². The number of carbonyl (C=O) groups is 1. The van der Waals surface area contributed by atoms with Crippen LogP contribution in [0.5, 0.6) is 5.75 Å². The maximum absolute atomic E-state index is 13.0. The standard InChI is InChI=1S/C23H32N4O2/c1-3-7-20-24-22(26-25-20)19-15-27(16-23(19)12-4-5-13-23)21(28)11-10-17-8-6-9-18(14-17)29-2/h6,8-9,14,19H,3-5,7,10-13,15-16H2,1-2H3,(H,24,25,26). The summed E-state index contributed by atoms with van der Waals surface area (Å²) >= 11 is 0. The lowest BCUT2D eigenvalue weighted by atomic mass is 9.76. The Kier molecular flexibility index (Phi) is 5.88. The molecule has 1 saturated heterocycles. The largest absolute Gasteiger partial charge is 0.497 e. The highest BCUT2D eigenvalue weighted by Crippen LogP contribution is 2.52. The highest BCUT2D eigenvalue weighted by atomic mass is 16.5. The van der Waals surface area contributed by atoms with E-state index in [0.717, 1.165) is 55.3 Å². The third-order valence-corrected chi connectivity index (χ3v) is 6.71. The molecule has 2 heterocycles. The highest BCUT2D eigenvalue weighted by Gasteiger charge is 2.51. The molecule has 2 aromatic rings. The summed E-state index contributed by atoms with van der Waals surface area (Å²) in [5.41, 5.74) is 1.30. The van der Waals surface area contributed by atoms with Gasteiger partial charge in [0.05, 0.1) is 7.11 Å². The number of aryl methyl sites for hydroxylation is 2. The number of H-pyrrole nitrogens is 1. The monoisotopic (exact) mass is 396 g/mol. The van der Waals surface area contributed by atoms with Gasteiger partial charge in [0.15, 0.2) is 5.82 Å². The van der Waals surface area contributed by atoms with E-state index in [1.807, 2.05) is 18.2 Å². The quantitative estimate of drug-likeness (QED) is 0.771. The van der Waals surface area contributed by atoms with Crippen LogP contribution >= 0.6 is 0 Å². The van der Waals surface area contributed by atoms with E-state index < -0.39 is 0 Å². The molecule has 1 spiro atoms. The van der Waals surface area contributed by atoms with Crippen LogP contribution in [0.3, 0.4) is 0 Å². The van der Waals surface area contributed by atoms with Crippen LogP contribution in [0.2, 0.25) is 0 Å². The van der Waals surface area contributed by atoms with Crippen molar-refractivity contribution in [1.29, 1.82) is 0 Å². The average molecular weight is 397 g/mol. The van der Waals surface area contributed by atoms with Crippen molar-refractivity contribution in [3.05, 3.63) is 41.5 Å². The molecule has 1 amide bonds. The van der Waals surface area contributed by atoms with Gasteiger partial charge in [-0.05, 0) is 48.8 Å². The van der Waals surface area contributed by atoms with E-state index in [1.54, 1.807) is 7.11 Å². The second-order valence-corrected chi connectivity index (χ2v) is 8.64. The van der Waals surface area contributed by atoms with E-state index in [9.17, 15) is 4.79 Å². The van der Waals surface area contributed by atoms with Crippen molar-refractivity contribution < 1.29 is 9.53 Å². The molecule has 6 nitrogen and oxygen atoms in total. The van der Waals surface area contributed by atoms with E-state index >= 15 is 0 Å². The number of likely N-dealkylation sites (tertiary alicyclic amines) is 1. The molecule has 1 aromatic heterocycles. The SMILES string of the molecule is CCCc1nc(C2CN(C(=O)CCc3cccc(OC)c3)CC23CCCC3)n[nH]1. The Morgan fingerprint density at radius 3 is 2.90 bits per heavy atom. The molecule has 1 aromatic carbocycles. The zero-order valence-electron chi connectivity index (χ0n) is 17.6. The van der Waals surface area contributed by atoms with Gasteiger partial charge < -0.3 is 9.64 Å². The molecule has 0 bridgehead atoms. The fourth-order valence-electron chi connectivity index (χ4n) is 5.15. The molecule has 1 unspecified atom stereocenters. The number of nitrogens with zero attached hydrogens (tertiary/aromatic N) is 3. The van der Waals surface area contributed by atoms with Gasteiger partial charge in [0, 0.05) is 31.8 Å². The van der Waals surface area contributed by atoms with Gasteiger partial charge in [0.1, 0.15) is 11.6 Å². The number of nitrogens with one attached hydrogen (secondary N) is 1. The Labute approximate surface area is 173 Å². The lowest BCUT2D eigenvalue weighted by molar-refractivity contribution is -0.130. The number of aromatic amines is 1. The molecule has 29 heavy (non-hydrogen) atoms. The molecule has 156 valence electrons. The number of hydrogen-bond acceptors (Lipinski definition) is 4. The predicted octanol–water partition coefficient (Wildman–Crippen LogP) is 3.88. The summed E-state index contributed by atoms with van der Waals surface area (Å²) in [6, 6.07) is 7.99. The Morgan fingerprint density at radius 2 is 2.14 bits per heavy atom. The van der Waals surface area contributed by atoms with E-state index in [1.165, 1.54) is 25.7 Å². The van der Waals surface area contributed by atoms with Gasteiger partial charge in [-0.1, -0.05) is 31.9 Å². The molecule has 0 radical (unpaired) electrons. The van der Waals surface area contributed by atoms with Gasteiger partial charge in [0.25, 0.3) is 0 Å². The molecule has 1 aliphatic heterocycles. The first kappa shape index (κ1) is 19.9. The lowest BCUT2D eigenvalue weighted by Crippen LogP contribution is -2.31. The van der Waals surface area contributed by atoms with E-state index in [2.05, 4.69) is 28.1 Å². The fourth-order valence-corrected chi connectivity index (χ4v) is 5.15. The Morgan fingerprint density at radius 1 is 1.31 bits per heavy atom. The number of rotatable bonds is 7. The van der Waals surface area contributed by atoms with Gasteiger partial charge in [-0.25, -0.2) is 4.98 Å². The zero-order chi connectivity index (χ0) is 20.3. The van der Waals surface area contributed by atoms with Gasteiger partial charge >= 0.3 is 0 Å². The summed E-state index contributed by atoms with van der Waals surface area (Å²) in [6.07, 6.45) is 8.10. The van der Waals surface area contributed by atoms with Crippen molar-refractivity contribution in [1.82, 2.24) is 20.1 Å². The first-order valence-electron chi connectivity index (χ1n) is 11.0. The molecule has 2 fully saturated rings. The van der Waals surface area contributed by atoms with Crippen LogP contribution in [-0.2, 0) is 17.6 Å². The Bertz CT molecular complexity index is 841. The number of methoxy groups -OCH3 is 1. The van der Waals surface area contributed by atoms with Gasteiger partial charge in [-0.15, -0.1) is 0 Å². The van der Waals surface area contributed by atoms with Crippen molar-refractivity contribution in [3.63, 3.8) is 0 Å². The van der Waals surface area contributed by atoms with Crippen LogP contribution in [0, 0.1) is 5.41 Å². The van der Waals surface area contributed by atoms with Crippen LogP contribution < -0.4 is 4.74 Å². The number of hydrogen-bond donors (Lipinski definition) is 1. The first-order chi connectivity index (χ1) is 14.1. The van der Waals surface area contributed by atoms with Gasteiger partial charge in [-0.2, -0.15) is 5.10 Å². The van der Waals surface area contributed by atoms with Gasteiger partial charge in [0.2, 0.25) is 5.91 Å². The molecule has 1 atom stereocenters. The molecule has 6 heteroatoms. The third-order valence-electron chi connectivity index (χ3n) is 6.71. The smallest absolute Gasteiger partial charge is 0.222 e. The fraction of sp³-hybridized carbons (Fsp3) is 0.609. The minimum absolute atomic E-state index is 0.164. The number of amides is 1. The van der Waals surface area contributed by atoms with Crippen LogP contribution in [0.1, 0.15) is 68.6 Å². The Hall–Kier alpha value is -2.37. The minimum atomic E-state index is 0.164. The average Bonchev–Trinajstić information content (AvgIpc) is 3.48. The van der Waals surface area contributed by atoms with Gasteiger partial charge in [-0.3, -0.25) is 9.89 Å². The molecule has 1 saturated carbocycles. The number of ether oxygens (including phenoxy) is 1. The summed E-state index contributed by atoms with van der Waals surface area (Å²) in [4.78, 5) is 19.9. The maximum Gasteiger partial charge on any atom is 0.222 e. The molecule has 4 rings (SSSR count). The van der Waals surface area contributed by atoms with E-state index in [0.29, 0.717) is 6.42 Å².